The van der Waals surface area contributed by atoms with Gasteiger partial charge in [-0.15, -0.1) is 0 Å². The lowest BCUT2D eigenvalue weighted by atomic mass is 10.0. The van der Waals surface area contributed by atoms with Crippen LogP contribution in [0.1, 0.15) is 337 Å². The quantitative estimate of drug-likeness (QED) is 0.0169. The maximum absolute atomic E-state index is 13.0. The maximum Gasteiger partial charge on any atom is 0.472 e. The molecule has 0 aliphatic rings. The first-order valence-electron chi connectivity index (χ1n) is 36.7. The highest BCUT2D eigenvalue weighted by atomic mass is 31.2. The van der Waals surface area contributed by atoms with E-state index in [-0.39, 0.29) is 25.7 Å². The first-order chi connectivity index (χ1) is 43.7. The molecule has 0 fully saturated rings. The van der Waals surface area contributed by atoms with Crippen LogP contribution in [0, 0.1) is 17.8 Å². The fourth-order valence-corrected chi connectivity index (χ4v) is 11.9. The zero-order valence-electron chi connectivity index (χ0n) is 58.8. The summed E-state index contributed by atoms with van der Waals surface area (Å²) in [5, 5.41) is 10.6. The summed E-state index contributed by atoms with van der Waals surface area (Å²) in [6.45, 7) is 11.7. The molecule has 0 amide bonds. The van der Waals surface area contributed by atoms with Gasteiger partial charge in [0.1, 0.15) is 19.3 Å². The van der Waals surface area contributed by atoms with Crippen molar-refractivity contribution in [1.82, 2.24) is 0 Å². The second-order valence-electron chi connectivity index (χ2n) is 26.7. The molecule has 17 nitrogen and oxygen atoms in total. The highest BCUT2D eigenvalue weighted by Crippen LogP contribution is 2.45. The molecular formula is C72H136O17P2. The standard InChI is InChI=1S/C72H136O17P2/c1-8-9-10-11-12-13-14-15-16-17-21-26-31-39-46-53-69(74)82-59-67(88-72(77)56-49-42-33-28-23-25-30-37-44-51-64(4)5)61-86-90(78,79)84-57-66(73)58-85-91(80,81)87-62-68(60-83-70(75)54-47-40-35-34-38-45-52-65(6)7)89-71(76)55-48-41-32-27-22-19-18-20-24-29-36-43-50-63(2)3/h13-16,63-68,73H,8-12,17-62H2,1-7H3,(H,78,79)(H,80,81)/b14-13-,16-15-/t66-,67-,68-/m1/s1. The van der Waals surface area contributed by atoms with Crippen molar-refractivity contribution in [2.75, 3.05) is 39.6 Å². The molecule has 0 aromatic rings. The molecule has 19 heteroatoms. The van der Waals surface area contributed by atoms with E-state index >= 15 is 0 Å². The Morgan fingerprint density at radius 2 is 0.593 bits per heavy atom. The summed E-state index contributed by atoms with van der Waals surface area (Å²) in [6, 6.07) is 0. The number of rotatable bonds is 68. The Morgan fingerprint density at radius 3 is 0.890 bits per heavy atom. The zero-order chi connectivity index (χ0) is 67.3. The number of aliphatic hydroxyl groups is 1. The Morgan fingerprint density at radius 1 is 0.341 bits per heavy atom. The summed E-state index contributed by atoms with van der Waals surface area (Å²) in [6.07, 6.45) is 49.5. The summed E-state index contributed by atoms with van der Waals surface area (Å²) >= 11 is 0. The van der Waals surface area contributed by atoms with Gasteiger partial charge in [-0.1, -0.05) is 285 Å². The molecule has 0 radical (unpaired) electrons. The van der Waals surface area contributed by atoms with E-state index in [1.54, 1.807) is 0 Å². The van der Waals surface area contributed by atoms with Crippen molar-refractivity contribution in [3.63, 3.8) is 0 Å². The lowest BCUT2D eigenvalue weighted by molar-refractivity contribution is -0.161. The highest BCUT2D eigenvalue weighted by Gasteiger charge is 2.30. The molecule has 0 aromatic heterocycles. The molecular weight excluding hydrogens is 1200 g/mol. The van der Waals surface area contributed by atoms with E-state index in [9.17, 15) is 43.2 Å². The molecule has 0 saturated heterocycles. The smallest absolute Gasteiger partial charge is 0.462 e. The molecule has 3 N–H and O–H groups in total. The second kappa shape index (κ2) is 62.4. The number of allylic oxidation sites excluding steroid dienone is 4. The lowest BCUT2D eigenvalue weighted by Crippen LogP contribution is -2.30. The number of aliphatic hydroxyl groups excluding tert-OH is 1. The largest absolute Gasteiger partial charge is 0.472 e. The predicted octanol–water partition coefficient (Wildman–Crippen LogP) is 20.2. The van der Waals surface area contributed by atoms with Crippen LogP contribution in [0.4, 0.5) is 0 Å². The summed E-state index contributed by atoms with van der Waals surface area (Å²) < 4.78 is 68.3. The predicted molar refractivity (Wildman–Crippen MR) is 367 cm³/mol. The Balaban J connectivity index is 5.27. The highest BCUT2D eigenvalue weighted by molar-refractivity contribution is 7.47. The molecule has 0 rings (SSSR count). The molecule has 536 valence electrons. The molecule has 0 aliphatic carbocycles. The molecule has 5 atom stereocenters. The minimum atomic E-state index is -4.96. The van der Waals surface area contributed by atoms with Gasteiger partial charge in [0.2, 0.25) is 0 Å². The number of esters is 4. The van der Waals surface area contributed by atoms with Gasteiger partial charge in [-0.25, -0.2) is 9.13 Å². The zero-order valence-corrected chi connectivity index (χ0v) is 60.6. The topological polar surface area (TPSA) is 237 Å². The van der Waals surface area contributed by atoms with Gasteiger partial charge in [-0.3, -0.25) is 37.3 Å². The Labute approximate surface area is 554 Å². The van der Waals surface area contributed by atoms with Gasteiger partial charge in [0.25, 0.3) is 0 Å². The SMILES string of the molecule is CCCCCC/C=C\C=C/CCCCCCCC(=O)OC[C@H](COP(=O)(O)OC[C@@H](O)COP(=O)(O)OC[C@@H](COC(=O)CCCCCCCCC(C)C)OC(=O)CCCCCCCCCCCCCCC(C)C)OC(=O)CCCCCCCCCCCC(C)C. The third-order valence-corrected chi connectivity index (χ3v) is 17.9. The lowest BCUT2D eigenvalue weighted by Gasteiger charge is -2.21. The third kappa shape index (κ3) is 66.0. The Bertz CT molecular complexity index is 1880. The Kier molecular flexibility index (Phi) is 60.7. The molecule has 91 heavy (non-hydrogen) atoms. The number of hydrogen-bond acceptors (Lipinski definition) is 15. The van der Waals surface area contributed by atoms with Crippen LogP contribution in [-0.4, -0.2) is 96.7 Å². The molecule has 0 heterocycles. The van der Waals surface area contributed by atoms with Crippen LogP contribution in [0.3, 0.4) is 0 Å². The number of carbonyl (C=O) groups excluding carboxylic acids is 4. The van der Waals surface area contributed by atoms with Crippen LogP contribution in [0.25, 0.3) is 0 Å². The number of unbranched alkanes of at least 4 members (excludes halogenated alkanes) is 33. The van der Waals surface area contributed by atoms with Crippen LogP contribution in [0.2, 0.25) is 0 Å². The van der Waals surface area contributed by atoms with E-state index in [1.165, 1.54) is 122 Å². The van der Waals surface area contributed by atoms with Crippen molar-refractivity contribution >= 4 is 39.5 Å². The summed E-state index contributed by atoms with van der Waals surface area (Å²) in [5.74, 6) is 0.0298. The van der Waals surface area contributed by atoms with Crippen molar-refractivity contribution in [1.29, 1.82) is 0 Å². The first kappa shape index (κ1) is 88.5. The fourth-order valence-electron chi connectivity index (χ4n) is 10.4. The first-order valence-corrected chi connectivity index (χ1v) is 39.7. The second-order valence-corrected chi connectivity index (χ2v) is 29.6. The van der Waals surface area contributed by atoms with Crippen molar-refractivity contribution in [3.05, 3.63) is 24.3 Å². The number of phosphoric acid groups is 2. The van der Waals surface area contributed by atoms with Gasteiger partial charge in [0.15, 0.2) is 12.2 Å². The molecule has 0 spiro atoms. The van der Waals surface area contributed by atoms with Crippen LogP contribution in [-0.2, 0) is 65.4 Å². The number of hydrogen-bond donors (Lipinski definition) is 3. The van der Waals surface area contributed by atoms with E-state index in [0.29, 0.717) is 31.6 Å². The molecule has 0 bridgehead atoms. The molecule has 0 aromatic carbocycles. The van der Waals surface area contributed by atoms with Crippen molar-refractivity contribution in [2.45, 2.75) is 356 Å². The van der Waals surface area contributed by atoms with E-state index < -0.39 is 97.5 Å². The van der Waals surface area contributed by atoms with Crippen molar-refractivity contribution < 1.29 is 80.2 Å². The fraction of sp³-hybridized carbons (Fsp3) is 0.889. The summed E-state index contributed by atoms with van der Waals surface area (Å²) in [4.78, 5) is 72.6. The molecule has 2 unspecified atom stereocenters. The van der Waals surface area contributed by atoms with E-state index in [4.69, 9.17) is 37.0 Å². The van der Waals surface area contributed by atoms with Crippen LogP contribution in [0.5, 0.6) is 0 Å². The number of ether oxygens (including phenoxy) is 4. The minimum Gasteiger partial charge on any atom is -0.462 e. The van der Waals surface area contributed by atoms with Gasteiger partial charge >= 0.3 is 39.5 Å². The van der Waals surface area contributed by atoms with Gasteiger partial charge in [-0.2, -0.15) is 0 Å². The van der Waals surface area contributed by atoms with Crippen molar-refractivity contribution in [3.8, 4) is 0 Å². The van der Waals surface area contributed by atoms with Crippen LogP contribution in [0.15, 0.2) is 24.3 Å². The maximum atomic E-state index is 13.0. The van der Waals surface area contributed by atoms with Gasteiger partial charge < -0.3 is 33.8 Å². The van der Waals surface area contributed by atoms with Gasteiger partial charge in [0.05, 0.1) is 26.4 Å². The van der Waals surface area contributed by atoms with Gasteiger partial charge in [0, 0.05) is 25.7 Å². The van der Waals surface area contributed by atoms with Crippen LogP contribution >= 0.6 is 15.6 Å². The molecule has 0 aliphatic heterocycles. The van der Waals surface area contributed by atoms with Crippen LogP contribution < -0.4 is 0 Å². The monoisotopic (exact) mass is 1330 g/mol. The third-order valence-electron chi connectivity index (χ3n) is 16.0. The molecule has 0 saturated carbocycles. The summed E-state index contributed by atoms with van der Waals surface area (Å²) in [5.41, 5.74) is 0. The van der Waals surface area contributed by atoms with Gasteiger partial charge in [-0.05, 0) is 69.1 Å². The average molecular weight is 1340 g/mol. The van der Waals surface area contributed by atoms with E-state index in [2.05, 4.69) is 72.8 Å². The normalized spacial score (nSPS) is 14.3. The number of carbonyl (C=O) groups is 4. The average Bonchev–Trinajstić information content (AvgIpc) is 2.11. The van der Waals surface area contributed by atoms with E-state index in [0.717, 1.165) is 127 Å². The number of phosphoric ester groups is 2. The Hall–Kier alpha value is -2.46. The van der Waals surface area contributed by atoms with E-state index in [1.807, 2.05) is 0 Å². The summed E-state index contributed by atoms with van der Waals surface area (Å²) in [7, 11) is -9.92. The van der Waals surface area contributed by atoms with Crippen molar-refractivity contribution in [2.24, 2.45) is 17.8 Å². The minimum absolute atomic E-state index is 0.0979.